The highest BCUT2D eigenvalue weighted by Crippen LogP contribution is 2.28. The molecule has 0 aliphatic carbocycles. The van der Waals surface area contributed by atoms with E-state index in [2.05, 4.69) is 32.2 Å². The standard InChI is InChI=1S/C18H26N2O3/c1-18(2,3)16-12-20(9-10-22-16)17(21)23-15-6-4-5-13-7-8-19-11-14(13)15/h4-6,16,19H,7-12H2,1-3H3. The average molecular weight is 318 g/mol. The van der Waals surface area contributed by atoms with E-state index in [1.807, 2.05) is 12.1 Å². The van der Waals surface area contributed by atoms with Gasteiger partial charge in [-0.1, -0.05) is 32.9 Å². The van der Waals surface area contributed by atoms with Crippen molar-refractivity contribution in [2.75, 3.05) is 26.2 Å². The number of nitrogens with one attached hydrogen (secondary N) is 1. The number of fused-ring (bicyclic) bond motifs is 1. The number of nitrogens with zero attached hydrogens (tertiary/aromatic N) is 1. The fraction of sp³-hybridized carbons (Fsp3) is 0.611. The van der Waals surface area contributed by atoms with Gasteiger partial charge in [0.25, 0.3) is 0 Å². The van der Waals surface area contributed by atoms with E-state index in [0.29, 0.717) is 25.4 Å². The molecule has 1 atom stereocenters. The number of morpholine rings is 1. The third kappa shape index (κ3) is 3.67. The Labute approximate surface area is 137 Å². The Kier molecular flexibility index (Phi) is 4.60. The lowest BCUT2D eigenvalue weighted by Gasteiger charge is -2.39. The van der Waals surface area contributed by atoms with Crippen LogP contribution in [0.25, 0.3) is 0 Å². The fourth-order valence-corrected chi connectivity index (χ4v) is 3.08. The molecular formula is C18H26N2O3. The minimum atomic E-state index is -0.276. The summed E-state index contributed by atoms with van der Waals surface area (Å²) >= 11 is 0. The first-order valence-electron chi connectivity index (χ1n) is 8.35. The van der Waals surface area contributed by atoms with E-state index in [9.17, 15) is 4.79 Å². The molecule has 2 heterocycles. The molecule has 1 amide bonds. The molecule has 0 saturated carbocycles. The minimum Gasteiger partial charge on any atom is -0.410 e. The Morgan fingerprint density at radius 3 is 3.00 bits per heavy atom. The van der Waals surface area contributed by atoms with Crippen LogP contribution in [0.1, 0.15) is 31.9 Å². The van der Waals surface area contributed by atoms with Gasteiger partial charge in [-0.15, -0.1) is 0 Å². The van der Waals surface area contributed by atoms with Gasteiger partial charge in [0.2, 0.25) is 0 Å². The number of hydrogen-bond acceptors (Lipinski definition) is 4. The molecule has 1 aromatic rings. The van der Waals surface area contributed by atoms with Crippen LogP contribution < -0.4 is 10.1 Å². The predicted octanol–water partition coefficient (Wildman–Crippen LogP) is 2.58. The van der Waals surface area contributed by atoms with Crippen molar-refractivity contribution in [1.82, 2.24) is 10.2 Å². The third-order valence-corrected chi connectivity index (χ3v) is 4.59. The van der Waals surface area contributed by atoms with E-state index in [4.69, 9.17) is 9.47 Å². The molecule has 5 nitrogen and oxygen atoms in total. The second-order valence-electron chi connectivity index (χ2n) is 7.36. The van der Waals surface area contributed by atoms with Crippen molar-refractivity contribution < 1.29 is 14.3 Å². The van der Waals surface area contributed by atoms with Crippen LogP contribution in [0.2, 0.25) is 0 Å². The van der Waals surface area contributed by atoms with Crippen molar-refractivity contribution in [3.8, 4) is 5.75 Å². The summed E-state index contributed by atoms with van der Waals surface area (Å²) in [6, 6.07) is 5.95. The molecule has 1 saturated heterocycles. The summed E-state index contributed by atoms with van der Waals surface area (Å²) < 4.78 is 11.5. The van der Waals surface area contributed by atoms with Crippen molar-refractivity contribution in [2.24, 2.45) is 5.41 Å². The van der Waals surface area contributed by atoms with Gasteiger partial charge in [0.1, 0.15) is 5.75 Å². The summed E-state index contributed by atoms with van der Waals surface area (Å²) in [5, 5.41) is 3.34. The van der Waals surface area contributed by atoms with E-state index in [-0.39, 0.29) is 17.6 Å². The number of hydrogen-bond donors (Lipinski definition) is 1. The third-order valence-electron chi connectivity index (χ3n) is 4.59. The van der Waals surface area contributed by atoms with E-state index < -0.39 is 0 Å². The molecule has 1 aromatic carbocycles. The maximum Gasteiger partial charge on any atom is 0.415 e. The summed E-state index contributed by atoms with van der Waals surface area (Å²) in [6.45, 7) is 9.84. The molecule has 2 aliphatic heterocycles. The van der Waals surface area contributed by atoms with Crippen molar-refractivity contribution in [1.29, 1.82) is 0 Å². The normalized spacial score (nSPS) is 21.7. The minimum absolute atomic E-state index is 0.00871. The Morgan fingerprint density at radius 1 is 1.39 bits per heavy atom. The number of carbonyl (C=O) groups excluding carboxylic acids is 1. The van der Waals surface area contributed by atoms with Gasteiger partial charge in [0.15, 0.2) is 0 Å². The van der Waals surface area contributed by atoms with Crippen LogP contribution in [0, 0.1) is 5.41 Å². The van der Waals surface area contributed by atoms with Crippen LogP contribution >= 0.6 is 0 Å². The molecule has 5 heteroatoms. The SMILES string of the molecule is CC(C)(C)C1CN(C(=O)Oc2cccc3c2CNCC3)CCO1. The average Bonchev–Trinajstić information content (AvgIpc) is 2.54. The van der Waals surface area contributed by atoms with E-state index >= 15 is 0 Å². The molecule has 0 spiro atoms. The van der Waals surface area contributed by atoms with Gasteiger partial charge >= 0.3 is 6.09 Å². The first-order valence-corrected chi connectivity index (χ1v) is 8.35. The van der Waals surface area contributed by atoms with Crippen molar-refractivity contribution >= 4 is 6.09 Å². The van der Waals surface area contributed by atoms with E-state index in [0.717, 1.165) is 25.1 Å². The first-order chi connectivity index (χ1) is 10.9. The number of amides is 1. The van der Waals surface area contributed by atoms with Gasteiger partial charge in [-0.3, -0.25) is 0 Å². The number of ether oxygens (including phenoxy) is 2. The van der Waals surface area contributed by atoms with Crippen LogP contribution in [0.15, 0.2) is 18.2 Å². The zero-order valence-corrected chi connectivity index (χ0v) is 14.2. The van der Waals surface area contributed by atoms with Gasteiger partial charge in [-0.05, 0) is 30.0 Å². The summed E-state index contributed by atoms with van der Waals surface area (Å²) in [5.41, 5.74) is 2.38. The molecule has 0 aromatic heterocycles. The Hall–Kier alpha value is -1.59. The Bertz CT molecular complexity index is 580. The molecule has 2 aliphatic rings. The largest absolute Gasteiger partial charge is 0.415 e. The first kappa shape index (κ1) is 16.3. The van der Waals surface area contributed by atoms with E-state index in [1.165, 1.54) is 5.56 Å². The quantitative estimate of drug-likeness (QED) is 0.865. The summed E-state index contributed by atoms with van der Waals surface area (Å²) in [5.74, 6) is 0.679. The second kappa shape index (κ2) is 6.49. The number of benzene rings is 1. The van der Waals surface area contributed by atoms with Gasteiger partial charge in [-0.2, -0.15) is 0 Å². The maximum absolute atomic E-state index is 12.6. The molecule has 23 heavy (non-hydrogen) atoms. The molecule has 0 radical (unpaired) electrons. The van der Waals surface area contributed by atoms with Gasteiger partial charge in [0.05, 0.1) is 19.3 Å². The zero-order valence-electron chi connectivity index (χ0n) is 14.2. The smallest absolute Gasteiger partial charge is 0.410 e. The van der Waals surface area contributed by atoms with Crippen LogP contribution in [0.3, 0.4) is 0 Å². The lowest BCUT2D eigenvalue weighted by atomic mass is 9.88. The predicted molar refractivity (Wildman–Crippen MR) is 88.6 cm³/mol. The molecular weight excluding hydrogens is 292 g/mol. The second-order valence-corrected chi connectivity index (χ2v) is 7.36. The molecule has 1 N–H and O–H groups in total. The molecule has 1 fully saturated rings. The van der Waals surface area contributed by atoms with Gasteiger partial charge in [0, 0.05) is 18.7 Å². The highest BCUT2D eigenvalue weighted by molar-refractivity contribution is 5.71. The number of carbonyl (C=O) groups is 1. The Morgan fingerprint density at radius 2 is 2.22 bits per heavy atom. The highest BCUT2D eigenvalue weighted by Gasteiger charge is 2.33. The van der Waals surface area contributed by atoms with Crippen LogP contribution in [-0.4, -0.2) is 43.3 Å². The van der Waals surface area contributed by atoms with Crippen molar-refractivity contribution in [2.45, 2.75) is 39.8 Å². The van der Waals surface area contributed by atoms with Gasteiger partial charge < -0.3 is 19.7 Å². The van der Waals surface area contributed by atoms with E-state index in [1.54, 1.807) is 4.90 Å². The van der Waals surface area contributed by atoms with Gasteiger partial charge in [-0.25, -0.2) is 4.79 Å². The highest BCUT2D eigenvalue weighted by atomic mass is 16.6. The van der Waals surface area contributed by atoms with Crippen LogP contribution in [-0.2, 0) is 17.7 Å². The molecule has 1 unspecified atom stereocenters. The molecule has 3 rings (SSSR count). The lowest BCUT2D eigenvalue weighted by Crippen LogP contribution is -2.51. The monoisotopic (exact) mass is 318 g/mol. The fourth-order valence-electron chi connectivity index (χ4n) is 3.08. The molecule has 126 valence electrons. The number of rotatable bonds is 1. The summed E-state index contributed by atoms with van der Waals surface area (Å²) in [4.78, 5) is 14.3. The van der Waals surface area contributed by atoms with Crippen molar-refractivity contribution in [3.63, 3.8) is 0 Å². The van der Waals surface area contributed by atoms with Crippen LogP contribution in [0.5, 0.6) is 5.75 Å². The van der Waals surface area contributed by atoms with Crippen LogP contribution in [0.4, 0.5) is 4.79 Å². The summed E-state index contributed by atoms with van der Waals surface area (Å²) in [6.07, 6.45) is 0.737. The zero-order chi connectivity index (χ0) is 16.4. The lowest BCUT2D eigenvalue weighted by molar-refractivity contribution is -0.0715. The topological polar surface area (TPSA) is 50.8 Å². The maximum atomic E-state index is 12.6. The van der Waals surface area contributed by atoms with Crippen molar-refractivity contribution in [3.05, 3.63) is 29.3 Å². The molecule has 0 bridgehead atoms. The Balaban J connectivity index is 1.70. The summed E-state index contributed by atoms with van der Waals surface area (Å²) in [7, 11) is 0.